The van der Waals surface area contributed by atoms with Crippen molar-refractivity contribution in [3.8, 4) is 6.07 Å². The number of nitriles is 1. The molecule has 0 aromatic heterocycles. The lowest BCUT2D eigenvalue weighted by atomic mass is 10.2. The van der Waals surface area contributed by atoms with Crippen LogP contribution in [0, 0.1) is 11.3 Å². The minimum absolute atomic E-state index is 0.641. The molecule has 0 aliphatic rings. The standard InChI is InChI=1S/C13H9BrN2/c14-11-5-3-6-12(8-11)16-13-7-2-1-4-10(13)9-15/h1-8,16H. The first-order chi connectivity index (χ1) is 7.79. The quantitative estimate of drug-likeness (QED) is 0.895. The van der Waals surface area contributed by atoms with E-state index in [1.807, 2.05) is 42.5 Å². The van der Waals surface area contributed by atoms with Crippen LogP contribution in [0.4, 0.5) is 11.4 Å². The van der Waals surface area contributed by atoms with Crippen molar-refractivity contribution in [3.05, 3.63) is 58.6 Å². The number of anilines is 2. The van der Waals surface area contributed by atoms with E-state index in [2.05, 4.69) is 27.3 Å². The number of rotatable bonds is 2. The molecule has 0 fully saturated rings. The van der Waals surface area contributed by atoms with Crippen LogP contribution >= 0.6 is 15.9 Å². The van der Waals surface area contributed by atoms with E-state index >= 15 is 0 Å². The van der Waals surface area contributed by atoms with E-state index < -0.39 is 0 Å². The van der Waals surface area contributed by atoms with Crippen molar-refractivity contribution in [1.29, 1.82) is 5.26 Å². The summed E-state index contributed by atoms with van der Waals surface area (Å²) in [7, 11) is 0. The molecule has 0 saturated heterocycles. The summed E-state index contributed by atoms with van der Waals surface area (Å²) in [6.45, 7) is 0. The van der Waals surface area contributed by atoms with Gasteiger partial charge in [-0.1, -0.05) is 34.1 Å². The van der Waals surface area contributed by atoms with Crippen LogP contribution in [0.2, 0.25) is 0 Å². The summed E-state index contributed by atoms with van der Waals surface area (Å²) in [6.07, 6.45) is 0. The third-order valence-electron chi connectivity index (χ3n) is 2.15. The van der Waals surface area contributed by atoms with Crippen molar-refractivity contribution >= 4 is 27.3 Å². The van der Waals surface area contributed by atoms with E-state index in [9.17, 15) is 0 Å². The maximum Gasteiger partial charge on any atom is 0.101 e. The minimum atomic E-state index is 0.641. The van der Waals surface area contributed by atoms with Gasteiger partial charge in [0.15, 0.2) is 0 Å². The second-order valence-corrected chi connectivity index (χ2v) is 4.21. The van der Waals surface area contributed by atoms with Gasteiger partial charge in [0, 0.05) is 10.2 Å². The molecule has 3 heteroatoms. The Balaban J connectivity index is 2.31. The third kappa shape index (κ3) is 2.41. The van der Waals surface area contributed by atoms with Crippen molar-refractivity contribution in [3.63, 3.8) is 0 Å². The molecule has 78 valence electrons. The zero-order chi connectivity index (χ0) is 11.4. The smallest absolute Gasteiger partial charge is 0.101 e. The zero-order valence-electron chi connectivity index (χ0n) is 8.44. The normalized spacial score (nSPS) is 9.50. The molecule has 0 saturated carbocycles. The highest BCUT2D eigenvalue weighted by molar-refractivity contribution is 9.10. The van der Waals surface area contributed by atoms with Gasteiger partial charge in [0.25, 0.3) is 0 Å². The van der Waals surface area contributed by atoms with Crippen LogP contribution in [0.25, 0.3) is 0 Å². The van der Waals surface area contributed by atoms with Gasteiger partial charge in [-0.2, -0.15) is 5.26 Å². The Bertz CT molecular complexity index is 544. The van der Waals surface area contributed by atoms with Crippen LogP contribution in [0.3, 0.4) is 0 Å². The molecular weight excluding hydrogens is 264 g/mol. The average Bonchev–Trinajstić information content (AvgIpc) is 2.30. The summed E-state index contributed by atoms with van der Waals surface area (Å²) in [5.41, 5.74) is 2.42. The first-order valence-corrected chi connectivity index (χ1v) is 5.60. The fourth-order valence-corrected chi connectivity index (χ4v) is 1.81. The molecular formula is C13H9BrN2. The molecule has 0 unspecified atom stereocenters. The highest BCUT2D eigenvalue weighted by atomic mass is 79.9. The Morgan fingerprint density at radius 3 is 2.62 bits per heavy atom. The maximum absolute atomic E-state index is 8.95. The van der Waals surface area contributed by atoms with E-state index in [1.54, 1.807) is 6.07 Å². The number of para-hydroxylation sites is 1. The Morgan fingerprint density at radius 2 is 1.88 bits per heavy atom. The number of hydrogen-bond donors (Lipinski definition) is 1. The summed E-state index contributed by atoms with van der Waals surface area (Å²) < 4.78 is 1.01. The molecule has 0 atom stereocenters. The summed E-state index contributed by atoms with van der Waals surface area (Å²) in [4.78, 5) is 0. The summed E-state index contributed by atoms with van der Waals surface area (Å²) >= 11 is 3.41. The van der Waals surface area contributed by atoms with Crippen molar-refractivity contribution in [2.75, 3.05) is 5.32 Å². The van der Waals surface area contributed by atoms with Crippen molar-refractivity contribution in [1.82, 2.24) is 0 Å². The van der Waals surface area contributed by atoms with Crippen LogP contribution < -0.4 is 5.32 Å². The van der Waals surface area contributed by atoms with E-state index in [-0.39, 0.29) is 0 Å². The predicted octanol–water partition coefficient (Wildman–Crippen LogP) is 4.06. The molecule has 2 rings (SSSR count). The Hall–Kier alpha value is -1.79. The van der Waals surface area contributed by atoms with Gasteiger partial charge >= 0.3 is 0 Å². The van der Waals surface area contributed by atoms with Gasteiger partial charge in [-0.3, -0.25) is 0 Å². The van der Waals surface area contributed by atoms with Crippen molar-refractivity contribution in [2.24, 2.45) is 0 Å². The Kier molecular flexibility index (Phi) is 3.23. The van der Waals surface area contributed by atoms with Gasteiger partial charge in [-0.05, 0) is 30.3 Å². The van der Waals surface area contributed by atoms with Crippen molar-refractivity contribution < 1.29 is 0 Å². The van der Waals surface area contributed by atoms with E-state index in [1.165, 1.54) is 0 Å². The second-order valence-electron chi connectivity index (χ2n) is 3.29. The van der Waals surface area contributed by atoms with Gasteiger partial charge < -0.3 is 5.32 Å². The second kappa shape index (κ2) is 4.82. The van der Waals surface area contributed by atoms with Crippen molar-refractivity contribution in [2.45, 2.75) is 0 Å². The fraction of sp³-hybridized carbons (Fsp3) is 0. The number of halogens is 1. The van der Waals surface area contributed by atoms with Gasteiger partial charge in [0.05, 0.1) is 11.3 Å². The molecule has 0 radical (unpaired) electrons. The fourth-order valence-electron chi connectivity index (χ4n) is 1.41. The first kappa shape index (κ1) is 10.7. The summed E-state index contributed by atoms with van der Waals surface area (Å²) in [5, 5.41) is 12.2. The van der Waals surface area contributed by atoms with Crippen LogP contribution in [-0.4, -0.2) is 0 Å². The summed E-state index contributed by atoms with van der Waals surface area (Å²) in [5.74, 6) is 0. The topological polar surface area (TPSA) is 35.8 Å². The molecule has 16 heavy (non-hydrogen) atoms. The summed E-state index contributed by atoms with van der Waals surface area (Å²) in [6, 6.07) is 17.4. The van der Waals surface area contributed by atoms with E-state index in [0.717, 1.165) is 15.8 Å². The van der Waals surface area contributed by atoms with E-state index in [0.29, 0.717) is 5.56 Å². The molecule has 2 aromatic carbocycles. The number of benzene rings is 2. The number of nitrogens with zero attached hydrogens (tertiary/aromatic N) is 1. The Morgan fingerprint density at radius 1 is 1.06 bits per heavy atom. The lowest BCUT2D eigenvalue weighted by molar-refractivity contribution is 1.46. The largest absolute Gasteiger partial charge is 0.354 e. The zero-order valence-corrected chi connectivity index (χ0v) is 10.0. The molecule has 0 aliphatic carbocycles. The van der Waals surface area contributed by atoms with E-state index in [4.69, 9.17) is 5.26 Å². The van der Waals surface area contributed by atoms with Gasteiger partial charge in [0.1, 0.15) is 6.07 Å². The molecule has 1 N–H and O–H groups in total. The van der Waals surface area contributed by atoms with Gasteiger partial charge in [-0.15, -0.1) is 0 Å². The molecule has 0 spiro atoms. The molecule has 0 bridgehead atoms. The molecule has 2 nitrogen and oxygen atoms in total. The lowest BCUT2D eigenvalue weighted by Crippen LogP contribution is -1.92. The number of hydrogen-bond acceptors (Lipinski definition) is 2. The molecule has 0 heterocycles. The first-order valence-electron chi connectivity index (χ1n) is 4.81. The highest BCUT2D eigenvalue weighted by Gasteiger charge is 2.00. The SMILES string of the molecule is N#Cc1ccccc1Nc1cccc(Br)c1. The van der Waals surface area contributed by atoms with Gasteiger partial charge in [0.2, 0.25) is 0 Å². The highest BCUT2D eigenvalue weighted by Crippen LogP contribution is 2.22. The van der Waals surface area contributed by atoms with Crippen LogP contribution in [-0.2, 0) is 0 Å². The average molecular weight is 273 g/mol. The molecule has 0 aliphatic heterocycles. The predicted molar refractivity (Wildman–Crippen MR) is 68.6 cm³/mol. The lowest BCUT2D eigenvalue weighted by Gasteiger charge is -2.07. The van der Waals surface area contributed by atoms with Gasteiger partial charge in [-0.25, -0.2) is 0 Å². The third-order valence-corrected chi connectivity index (χ3v) is 2.64. The maximum atomic E-state index is 8.95. The minimum Gasteiger partial charge on any atom is -0.354 e. The van der Waals surface area contributed by atoms with Crippen LogP contribution in [0.5, 0.6) is 0 Å². The number of nitrogens with one attached hydrogen (secondary N) is 1. The van der Waals surface area contributed by atoms with Crippen LogP contribution in [0.15, 0.2) is 53.0 Å². The van der Waals surface area contributed by atoms with Crippen LogP contribution in [0.1, 0.15) is 5.56 Å². The monoisotopic (exact) mass is 272 g/mol. The molecule has 0 amide bonds. The molecule has 2 aromatic rings. The Labute approximate surface area is 103 Å².